The zero-order valence-corrected chi connectivity index (χ0v) is 9.18. The number of aryl methyl sites for hydroxylation is 2. The van der Waals surface area contributed by atoms with Crippen molar-refractivity contribution in [1.82, 2.24) is 18.7 Å². The second-order valence-electron chi connectivity index (χ2n) is 3.23. The largest absolute Gasteiger partial charge is 0.412 e. The van der Waals surface area contributed by atoms with Gasteiger partial charge in [0.2, 0.25) is 0 Å². The van der Waals surface area contributed by atoms with Gasteiger partial charge in [0.25, 0.3) is 5.56 Å². The summed E-state index contributed by atoms with van der Waals surface area (Å²) in [6.45, 7) is 0. The van der Waals surface area contributed by atoms with E-state index >= 15 is 0 Å². The van der Waals surface area contributed by atoms with E-state index in [1.165, 1.54) is 17.9 Å². The van der Waals surface area contributed by atoms with Gasteiger partial charge < -0.3 is 15.5 Å². The maximum Gasteiger partial charge on any atom is 0.332 e. The van der Waals surface area contributed by atoms with Crippen LogP contribution in [0.2, 0.25) is 0 Å². The van der Waals surface area contributed by atoms with Crippen LogP contribution in [0.5, 0.6) is 0 Å². The summed E-state index contributed by atoms with van der Waals surface area (Å²) in [4.78, 5) is 27.2. The van der Waals surface area contributed by atoms with E-state index in [0.29, 0.717) is 11.2 Å². The lowest BCUT2D eigenvalue weighted by Crippen LogP contribution is -2.37. The third-order valence-corrected chi connectivity index (χ3v) is 2.32. The molecule has 0 saturated carbocycles. The summed E-state index contributed by atoms with van der Waals surface area (Å²) in [5.74, 6) is 0. The molecule has 0 aromatic carbocycles. The normalized spacial score (nSPS) is 9.69. The third-order valence-electron chi connectivity index (χ3n) is 2.32. The van der Waals surface area contributed by atoms with Gasteiger partial charge in [-0.15, -0.1) is 0 Å². The van der Waals surface area contributed by atoms with E-state index in [4.69, 9.17) is 0 Å². The Labute approximate surface area is 90.0 Å². The van der Waals surface area contributed by atoms with E-state index < -0.39 is 0 Å². The molecular formula is C8H14N4O4. The Balaban J connectivity index is 0.00000112. The van der Waals surface area contributed by atoms with Crippen LogP contribution in [0.15, 0.2) is 15.9 Å². The van der Waals surface area contributed by atoms with Crippen molar-refractivity contribution in [3.8, 4) is 0 Å². The van der Waals surface area contributed by atoms with Crippen LogP contribution in [0.25, 0.3) is 11.2 Å². The van der Waals surface area contributed by atoms with Crippen LogP contribution in [0.1, 0.15) is 0 Å². The summed E-state index contributed by atoms with van der Waals surface area (Å²) in [6, 6.07) is 0. The minimum atomic E-state index is -0.360. The lowest BCUT2D eigenvalue weighted by atomic mass is 10.5. The van der Waals surface area contributed by atoms with Crippen molar-refractivity contribution in [3.63, 3.8) is 0 Å². The molecule has 90 valence electrons. The number of hydrogen-bond donors (Lipinski definition) is 0. The summed E-state index contributed by atoms with van der Waals surface area (Å²) in [5, 5.41) is 0. The van der Waals surface area contributed by atoms with Crippen molar-refractivity contribution < 1.29 is 11.0 Å². The number of aromatic nitrogens is 4. The van der Waals surface area contributed by atoms with E-state index in [2.05, 4.69) is 4.98 Å². The molecule has 0 fully saturated rings. The van der Waals surface area contributed by atoms with Crippen molar-refractivity contribution in [3.05, 3.63) is 27.2 Å². The molecule has 0 spiro atoms. The van der Waals surface area contributed by atoms with E-state index in [1.807, 2.05) is 0 Å². The second kappa shape index (κ2) is 4.29. The van der Waals surface area contributed by atoms with E-state index in [0.717, 1.165) is 4.57 Å². The molecule has 16 heavy (non-hydrogen) atoms. The summed E-state index contributed by atoms with van der Waals surface area (Å²) in [5.41, 5.74) is 0.180. The Morgan fingerprint density at radius 1 is 1.06 bits per heavy atom. The average Bonchev–Trinajstić information content (AvgIpc) is 2.54. The fourth-order valence-electron chi connectivity index (χ4n) is 1.47. The standard InChI is InChI=1S/C8H10N4O2.2H2O/c1-10-4-9-6-5(10)7(13)12(3)8(14)11(6)2;;/h4H,1-3H3;2*1H2. The third kappa shape index (κ3) is 1.53. The van der Waals surface area contributed by atoms with Gasteiger partial charge in [0, 0.05) is 21.1 Å². The first kappa shape index (κ1) is 14.1. The highest BCUT2D eigenvalue weighted by Crippen LogP contribution is 2.01. The Morgan fingerprint density at radius 2 is 1.62 bits per heavy atom. The van der Waals surface area contributed by atoms with Crippen LogP contribution in [0, 0.1) is 0 Å². The lowest BCUT2D eigenvalue weighted by molar-refractivity contribution is 0.705. The van der Waals surface area contributed by atoms with Gasteiger partial charge in [-0.05, 0) is 0 Å². The predicted molar refractivity (Wildman–Crippen MR) is 58.4 cm³/mol. The van der Waals surface area contributed by atoms with Crippen molar-refractivity contribution in [2.45, 2.75) is 0 Å². The van der Waals surface area contributed by atoms with Crippen LogP contribution in [-0.4, -0.2) is 29.6 Å². The molecule has 8 nitrogen and oxygen atoms in total. The monoisotopic (exact) mass is 230 g/mol. The smallest absolute Gasteiger partial charge is 0.332 e. The second-order valence-corrected chi connectivity index (χ2v) is 3.23. The lowest BCUT2D eigenvalue weighted by Gasteiger charge is -2.02. The molecule has 2 heterocycles. The maximum absolute atomic E-state index is 11.7. The number of rotatable bonds is 0. The van der Waals surface area contributed by atoms with Gasteiger partial charge in [0.15, 0.2) is 11.2 Å². The number of fused-ring (bicyclic) bond motifs is 1. The highest BCUT2D eigenvalue weighted by Gasteiger charge is 2.11. The topological polar surface area (TPSA) is 125 Å². The number of nitrogens with zero attached hydrogens (tertiary/aromatic N) is 4. The van der Waals surface area contributed by atoms with Crippen LogP contribution in [0.3, 0.4) is 0 Å². The molecule has 0 aliphatic heterocycles. The van der Waals surface area contributed by atoms with E-state index in [-0.39, 0.29) is 22.2 Å². The minimum absolute atomic E-state index is 0. The Hall–Kier alpha value is -1.93. The fourth-order valence-corrected chi connectivity index (χ4v) is 1.47. The van der Waals surface area contributed by atoms with Gasteiger partial charge in [-0.1, -0.05) is 0 Å². The highest BCUT2D eigenvalue weighted by molar-refractivity contribution is 5.69. The molecule has 0 amide bonds. The summed E-state index contributed by atoms with van der Waals surface area (Å²) >= 11 is 0. The van der Waals surface area contributed by atoms with Gasteiger partial charge in [-0.2, -0.15) is 0 Å². The van der Waals surface area contributed by atoms with E-state index in [9.17, 15) is 9.59 Å². The maximum atomic E-state index is 11.7. The molecule has 0 aliphatic rings. The van der Waals surface area contributed by atoms with E-state index in [1.54, 1.807) is 18.7 Å². The zero-order chi connectivity index (χ0) is 10.5. The molecule has 2 aromatic rings. The molecule has 2 rings (SSSR count). The summed E-state index contributed by atoms with van der Waals surface area (Å²) < 4.78 is 4.04. The SMILES string of the molecule is Cn1c(=O)c2c(ncn2C)n(C)c1=O.O.O. The average molecular weight is 230 g/mol. The minimum Gasteiger partial charge on any atom is -0.412 e. The summed E-state index contributed by atoms with van der Waals surface area (Å²) in [6.07, 6.45) is 1.52. The highest BCUT2D eigenvalue weighted by atomic mass is 16.2. The van der Waals surface area contributed by atoms with Gasteiger partial charge in [-0.3, -0.25) is 13.9 Å². The molecule has 0 atom stereocenters. The van der Waals surface area contributed by atoms with Gasteiger partial charge in [-0.25, -0.2) is 9.78 Å². The molecule has 0 aliphatic carbocycles. The van der Waals surface area contributed by atoms with Crippen LogP contribution in [0.4, 0.5) is 0 Å². The first-order valence-electron chi connectivity index (χ1n) is 4.11. The first-order chi connectivity index (χ1) is 6.54. The molecule has 0 radical (unpaired) electrons. The molecule has 4 N–H and O–H groups in total. The Kier molecular flexibility index (Phi) is 3.77. The van der Waals surface area contributed by atoms with Crippen molar-refractivity contribution in [1.29, 1.82) is 0 Å². The molecule has 0 unspecified atom stereocenters. The molecule has 8 heteroatoms. The van der Waals surface area contributed by atoms with Gasteiger partial charge in [0.1, 0.15) is 0 Å². The van der Waals surface area contributed by atoms with Crippen molar-refractivity contribution in [2.24, 2.45) is 21.1 Å². The van der Waals surface area contributed by atoms with Gasteiger partial charge in [0.05, 0.1) is 6.33 Å². The van der Waals surface area contributed by atoms with Crippen molar-refractivity contribution >= 4 is 11.2 Å². The molecule has 0 bridgehead atoms. The quantitative estimate of drug-likeness (QED) is 0.489. The van der Waals surface area contributed by atoms with Crippen LogP contribution in [-0.2, 0) is 21.1 Å². The molecule has 0 saturated heterocycles. The molecule has 2 aromatic heterocycles. The summed E-state index contributed by atoms with van der Waals surface area (Å²) in [7, 11) is 4.77. The fraction of sp³-hybridized carbons (Fsp3) is 0.375. The number of imidazole rings is 1. The molecular weight excluding hydrogens is 216 g/mol. The van der Waals surface area contributed by atoms with Crippen molar-refractivity contribution in [2.75, 3.05) is 0 Å². The Bertz CT molecular complexity index is 621. The van der Waals surface area contributed by atoms with Crippen LogP contribution < -0.4 is 11.2 Å². The first-order valence-corrected chi connectivity index (χ1v) is 4.11. The Morgan fingerprint density at radius 3 is 2.19 bits per heavy atom. The van der Waals surface area contributed by atoms with Gasteiger partial charge >= 0.3 is 5.69 Å². The predicted octanol–water partition coefficient (Wildman–Crippen LogP) is -2.68. The number of hydrogen-bond acceptors (Lipinski definition) is 3. The zero-order valence-electron chi connectivity index (χ0n) is 9.18. The van der Waals surface area contributed by atoms with Crippen LogP contribution >= 0.6 is 0 Å².